The molecule has 1 aliphatic heterocycles. The SMILES string of the molecule is CNCCN1CCOC(C)C1C. The van der Waals surface area contributed by atoms with Crippen LogP contribution in [-0.4, -0.2) is 50.3 Å². The predicted molar refractivity (Wildman–Crippen MR) is 50.4 cm³/mol. The maximum atomic E-state index is 5.54. The van der Waals surface area contributed by atoms with Crippen LogP contribution in [0.4, 0.5) is 0 Å². The average Bonchev–Trinajstić information content (AvgIpc) is 2.08. The van der Waals surface area contributed by atoms with Crippen LogP contribution in [0.15, 0.2) is 0 Å². The van der Waals surface area contributed by atoms with Crippen molar-refractivity contribution in [3.8, 4) is 0 Å². The molecular weight excluding hydrogens is 152 g/mol. The summed E-state index contributed by atoms with van der Waals surface area (Å²) in [4.78, 5) is 2.48. The molecule has 3 heteroatoms. The molecule has 0 spiro atoms. The van der Waals surface area contributed by atoms with Crippen LogP contribution in [0.1, 0.15) is 13.8 Å². The van der Waals surface area contributed by atoms with E-state index in [2.05, 4.69) is 24.1 Å². The van der Waals surface area contributed by atoms with Crippen LogP contribution in [0.25, 0.3) is 0 Å². The van der Waals surface area contributed by atoms with E-state index in [9.17, 15) is 0 Å². The Morgan fingerprint density at radius 1 is 1.50 bits per heavy atom. The molecule has 0 aromatic carbocycles. The second-order valence-corrected chi connectivity index (χ2v) is 3.46. The number of nitrogens with one attached hydrogen (secondary N) is 1. The molecule has 0 bridgehead atoms. The highest BCUT2D eigenvalue weighted by atomic mass is 16.5. The van der Waals surface area contributed by atoms with E-state index in [0.29, 0.717) is 12.1 Å². The Morgan fingerprint density at radius 2 is 2.25 bits per heavy atom. The van der Waals surface area contributed by atoms with Crippen molar-refractivity contribution in [3.63, 3.8) is 0 Å². The summed E-state index contributed by atoms with van der Waals surface area (Å²) in [7, 11) is 1.99. The molecule has 1 heterocycles. The molecular formula is C9H20N2O. The van der Waals surface area contributed by atoms with E-state index in [1.807, 2.05) is 7.05 Å². The summed E-state index contributed by atoms with van der Waals surface area (Å²) in [6, 6.07) is 0.562. The van der Waals surface area contributed by atoms with E-state index in [-0.39, 0.29) is 0 Å². The maximum Gasteiger partial charge on any atom is 0.0700 e. The molecule has 72 valence electrons. The molecule has 3 nitrogen and oxygen atoms in total. The largest absolute Gasteiger partial charge is 0.376 e. The fourth-order valence-electron chi connectivity index (χ4n) is 1.57. The first-order chi connectivity index (χ1) is 5.75. The summed E-state index contributed by atoms with van der Waals surface area (Å²) in [5, 5.41) is 3.17. The first kappa shape index (κ1) is 9.96. The van der Waals surface area contributed by atoms with Gasteiger partial charge in [0, 0.05) is 25.7 Å². The van der Waals surface area contributed by atoms with E-state index in [1.54, 1.807) is 0 Å². The van der Waals surface area contributed by atoms with Crippen molar-refractivity contribution in [2.75, 3.05) is 33.3 Å². The van der Waals surface area contributed by atoms with Gasteiger partial charge in [0.1, 0.15) is 0 Å². The average molecular weight is 172 g/mol. The Hall–Kier alpha value is -0.120. The number of morpholine rings is 1. The summed E-state index contributed by atoms with van der Waals surface area (Å²) in [5.74, 6) is 0. The molecule has 12 heavy (non-hydrogen) atoms. The van der Waals surface area contributed by atoms with E-state index < -0.39 is 0 Å². The van der Waals surface area contributed by atoms with E-state index in [0.717, 1.165) is 26.2 Å². The van der Waals surface area contributed by atoms with Gasteiger partial charge in [0.25, 0.3) is 0 Å². The molecule has 1 rings (SSSR count). The lowest BCUT2D eigenvalue weighted by Gasteiger charge is -2.37. The Balaban J connectivity index is 2.30. The molecule has 2 unspecified atom stereocenters. The third-order valence-electron chi connectivity index (χ3n) is 2.66. The second-order valence-electron chi connectivity index (χ2n) is 3.46. The van der Waals surface area contributed by atoms with Crippen molar-refractivity contribution >= 4 is 0 Å². The van der Waals surface area contributed by atoms with Crippen molar-refractivity contribution in [1.29, 1.82) is 0 Å². The molecule has 1 N–H and O–H groups in total. The van der Waals surface area contributed by atoms with E-state index in [1.165, 1.54) is 0 Å². The summed E-state index contributed by atoms with van der Waals surface area (Å²) in [6.45, 7) is 8.54. The monoisotopic (exact) mass is 172 g/mol. The fourth-order valence-corrected chi connectivity index (χ4v) is 1.57. The van der Waals surface area contributed by atoms with Crippen LogP contribution in [-0.2, 0) is 4.74 Å². The highest BCUT2D eigenvalue weighted by molar-refractivity contribution is 4.77. The van der Waals surface area contributed by atoms with Gasteiger partial charge in [-0.15, -0.1) is 0 Å². The van der Waals surface area contributed by atoms with Crippen LogP contribution in [0, 0.1) is 0 Å². The third-order valence-corrected chi connectivity index (χ3v) is 2.66. The smallest absolute Gasteiger partial charge is 0.0700 e. The topological polar surface area (TPSA) is 24.5 Å². The van der Waals surface area contributed by atoms with Crippen molar-refractivity contribution in [3.05, 3.63) is 0 Å². The minimum atomic E-state index is 0.385. The zero-order chi connectivity index (χ0) is 8.97. The van der Waals surface area contributed by atoms with Gasteiger partial charge >= 0.3 is 0 Å². The first-order valence-corrected chi connectivity index (χ1v) is 4.76. The summed E-state index contributed by atoms with van der Waals surface area (Å²) in [5.41, 5.74) is 0. The van der Waals surface area contributed by atoms with Gasteiger partial charge in [0.05, 0.1) is 12.7 Å². The van der Waals surface area contributed by atoms with Crippen LogP contribution in [0.5, 0.6) is 0 Å². The molecule has 0 radical (unpaired) electrons. The van der Waals surface area contributed by atoms with Gasteiger partial charge in [-0.3, -0.25) is 4.90 Å². The van der Waals surface area contributed by atoms with Crippen molar-refractivity contribution < 1.29 is 4.74 Å². The quantitative estimate of drug-likeness (QED) is 0.663. The summed E-state index contributed by atoms with van der Waals surface area (Å²) >= 11 is 0. The predicted octanol–water partition coefficient (Wildman–Crippen LogP) is 0.315. The summed E-state index contributed by atoms with van der Waals surface area (Å²) < 4.78 is 5.54. The molecule has 0 aromatic rings. The number of hydrogen-bond acceptors (Lipinski definition) is 3. The number of nitrogens with zero attached hydrogens (tertiary/aromatic N) is 1. The molecule has 0 amide bonds. The molecule has 1 fully saturated rings. The van der Waals surface area contributed by atoms with Crippen molar-refractivity contribution in [2.45, 2.75) is 26.0 Å². The standard InChI is InChI=1S/C9H20N2O/c1-8-9(2)12-7-6-11(8)5-4-10-3/h8-10H,4-7H2,1-3H3. The fraction of sp³-hybridized carbons (Fsp3) is 1.00. The number of ether oxygens (including phenoxy) is 1. The number of hydrogen-bond donors (Lipinski definition) is 1. The molecule has 2 atom stereocenters. The van der Waals surface area contributed by atoms with Gasteiger partial charge in [-0.05, 0) is 20.9 Å². The Kier molecular flexibility index (Phi) is 3.98. The molecule has 1 aliphatic rings. The number of rotatable bonds is 3. The maximum absolute atomic E-state index is 5.54. The van der Waals surface area contributed by atoms with E-state index >= 15 is 0 Å². The zero-order valence-corrected chi connectivity index (χ0v) is 8.34. The van der Waals surface area contributed by atoms with Crippen molar-refractivity contribution in [1.82, 2.24) is 10.2 Å². The lowest BCUT2D eigenvalue weighted by atomic mass is 10.1. The Morgan fingerprint density at radius 3 is 2.92 bits per heavy atom. The number of likely N-dealkylation sites (N-methyl/N-ethyl adjacent to an activating group) is 1. The van der Waals surface area contributed by atoms with Gasteiger partial charge in [0.2, 0.25) is 0 Å². The lowest BCUT2D eigenvalue weighted by Crippen LogP contribution is -2.50. The van der Waals surface area contributed by atoms with Gasteiger partial charge < -0.3 is 10.1 Å². The minimum absolute atomic E-state index is 0.385. The molecule has 0 aromatic heterocycles. The second kappa shape index (κ2) is 4.80. The summed E-state index contributed by atoms with van der Waals surface area (Å²) in [6.07, 6.45) is 0.385. The third kappa shape index (κ3) is 2.44. The molecule has 1 saturated heterocycles. The van der Waals surface area contributed by atoms with Gasteiger partial charge in [-0.1, -0.05) is 0 Å². The van der Waals surface area contributed by atoms with Crippen LogP contribution < -0.4 is 5.32 Å². The highest BCUT2D eigenvalue weighted by Gasteiger charge is 2.24. The molecule has 0 aliphatic carbocycles. The normalized spacial score (nSPS) is 32.2. The van der Waals surface area contributed by atoms with Crippen LogP contribution in [0.2, 0.25) is 0 Å². The van der Waals surface area contributed by atoms with Gasteiger partial charge in [-0.25, -0.2) is 0 Å². The Labute approximate surface area is 75.1 Å². The highest BCUT2D eigenvalue weighted by Crippen LogP contribution is 2.11. The van der Waals surface area contributed by atoms with Gasteiger partial charge in [0.15, 0.2) is 0 Å². The molecule has 0 saturated carbocycles. The van der Waals surface area contributed by atoms with Gasteiger partial charge in [-0.2, -0.15) is 0 Å². The zero-order valence-electron chi connectivity index (χ0n) is 8.34. The van der Waals surface area contributed by atoms with Crippen LogP contribution >= 0.6 is 0 Å². The lowest BCUT2D eigenvalue weighted by molar-refractivity contribution is -0.0543. The first-order valence-electron chi connectivity index (χ1n) is 4.76. The van der Waals surface area contributed by atoms with Crippen LogP contribution in [0.3, 0.4) is 0 Å². The van der Waals surface area contributed by atoms with E-state index in [4.69, 9.17) is 4.74 Å². The Bertz CT molecular complexity index is 130. The van der Waals surface area contributed by atoms with Crippen molar-refractivity contribution in [2.24, 2.45) is 0 Å². The minimum Gasteiger partial charge on any atom is -0.376 e.